The van der Waals surface area contributed by atoms with Crippen molar-refractivity contribution in [1.29, 1.82) is 0 Å². The van der Waals surface area contributed by atoms with Crippen LogP contribution < -0.4 is 10.6 Å². The second-order valence-electron chi connectivity index (χ2n) is 4.19. The summed E-state index contributed by atoms with van der Waals surface area (Å²) in [7, 11) is 1.67. The van der Waals surface area contributed by atoms with Crippen LogP contribution >= 0.6 is 23.2 Å². The van der Waals surface area contributed by atoms with Crippen molar-refractivity contribution < 1.29 is 4.74 Å². The van der Waals surface area contributed by atoms with Crippen LogP contribution in [0, 0.1) is 0 Å². The number of hydrogen-bond donors (Lipinski definition) is 2. The van der Waals surface area contributed by atoms with Crippen LogP contribution in [0.15, 0.2) is 24.4 Å². The first-order valence-electron chi connectivity index (χ1n) is 6.33. The first kappa shape index (κ1) is 15.8. The minimum Gasteiger partial charge on any atom is -0.385 e. The van der Waals surface area contributed by atoms with Gasteiger partial charge in [-0.3, -0.25) is 0 Å². The van der Waals surface area contributed by atoms with E-state index in [1.807, 2.05) is 0 Å². The summed E-state index contributed by atoms with van der Waals surface area (Å²) in [5, 5.41) is 14.9. The molecule has 0 radical (unpaired) electrons. The molecule has 0 saturated carbocycles. The quantitative estimate of drug-likeness (QED) is 0.759. The minimum atomic E-state index is 0.380. The molecular formula is C13H15Cl2N5O. The highest BCUT2D eigenvalue weighted by Crippen LogP contribution is 2.26. The first-order valence-corrected chi connectivity index (χ1v) is 7.09. The maximum Gasteiger partial charge on any atom is 0.249 e. The molecule has 1 aromatic heterocycles. The van der Waals surface area contributed by atoms with Crippen LogP contribution in [-0.4, -0.2) is 35.4 Å². The summed E-state index contributed by atoms with van der Waals surface area (Å²) < 4.78 is 4.98. The predicted molar refractivity (Wildman–Crippen MR) is 84.6 cm³/mol. The fourth-order valence-electron chi connectivity index (χ4n) is 1.58. The fraction of sp³-hybridized carbons (Fsp3) is 0.308. The van der Waals surface area contributed by atoms with E-state index < -0.39 is 0 Å². The molecule has 0 bridgehead atoms. The van der Waals surface area contributed by atoms with E-state index in [0.29, 0.717) is 28.4 Å². The number of benzene rings is 1. The molecule has 8 heteroatoms. The predicted octanol–water partition coefficient (Wildman–Crippen LogP) is 3.37. The number of nitrogens with one attached hydrogen (secondary N) is 2. The van der Waals surface area contributed by atoms with Gasteiger partial charge in [0.1, 0.15) is 0 Å². The van der Waals surface area contributed by atoms with Gasteiger partial charge in [-0.25, -0.2) is 0 Å². The normalized spacial score (nSPS) is 10.4. The largest absolute Gasteiger partial charge is 0.385 e. The van der Waals surface area contributed by atoms with E-state index in [1.165, 1.54) is 0 Å². The van der Waals surface area contributed by atoms with Gasteiger partial charge in [0.2, 0.25) is 5.95 Å². The zero-order valence-corrected chi connectivity index (χ0v) is 12.9. The Hall–Kier alpha value is -1.63. The molecular weight excluding hydrogens is 313 g/mol. The van der Waals surface area contributed by atoms with Crippen LogP contribution in [0.3, 0.4) is 0 Å². The van der Waals surface area contributed by atoms with Crippen LogP contribution in [0.25, 0.3) is 0 Å². The third-order valence-corrected chi connectivity index (χ3v) is 3.30. The van der Waals surface area contributed by atoms with E-state index in [-0.39, 0.29) is 0 Å². The zero-order valence-electron chi connectivity index (χ0n) is 11.4. The van der Waals surface area contributed by atoms with Crippen LogP contribution in [0.2, 0.25) is 10.0 Å². The van der Waals surface area contributed by atoms with Gasteiger partial charge in [-0.1, -0.05) is 23.2 Å². The third kappa shape index (κ3) is 5.00. The number of hydrogen-bond acceptors (Lipinski definition) is 6. The van der Waals surface area contributed by atoms with Gasteiger partial charge in [0.15, 0.2) is 5.82 Å². The van der Waals surface area contributed by atoms with Crippen molar-refractivity contribution in [2.24, 2.45) is 0 Å². The Labute approximate surface area is 132 Å². The third-order valence-electron chi connectivity index (χ3n) is 2.57. The molecule has 2 rings (SSSR count). The standard InChI is InChI=1S/C13H15Cl2N5O/c1-21-6-2-5-16-12-8-17-20-13(19-12)18-9-3-4-10(14)11(15)7-9/h3-4,7-8H,2,5-6H2,1H3,(H2,16,18,19,20). The zero-order chi connectivity index (χ0) is 15.1. The SMILES string of the molecule is COCCCNc1cnnc(Nc2ccc(Cl)c(Cl)c2)n1. The molecule has 0 fully saturated rings. The Kier molecular flexibility index (Phi) is 5.98. The second-order valence-corrected chi connectivity index (χ2v) is 5.01. The summed E-state index contributed by atoms with van der Waals surface area (Å²) in [5.41, 5.74) is 0.739. The average Bonchev–Trinajstić information content (AvgIpc) is 2.48. The van der Waals surface area contributed by atoms with Gasteiger partial charge >= 0.3 is 0 Å². The monoisotopic (exact) mass is 327 g/mol. The lowest BCUT2D eigenvalue weighted by molar-refractivity contribution is 0.197. The Bertz CT molecular complexity index is 597. The van der Waals surface area contributed by atoms with Crippen molar-refractivity contribution in [3.63, 3.8) is 0 Å². The highest BCUT2D eigenvalue weighted by atomic mass is 35.5. The van der Waals surface area contributed by atoms with Gasteiger partial charge in [0.05, 0.1) is 16.2 Å². The van der Waals surface area contributed by atoms with Gasteiger partial charge in [-0.15, -0.1) is 5.10 Å². The van der Waals surface area contributed by atoms with Crippen molar-refractivity contribution in [3.8, 4) is 0 Å². The van der Waals surface area contributed by atoms with E-state index in [1.54, 1.807) is 31.5 Å². The molecule has 0 aliphatic carbocycles. The Balaban J connectivity index is 1.98. The van der Waals surface area contributed by atoms with Gasteiger partial charge < -0.3 is 15.4 Å². The van der Waals surface area contributed by atoms with Gasteiger partial charge in [0, 0.05) is 25.9 Å². The summed E-state index contributed by atoms with van der Waals surface area (Å²) in [6.45, 7) is 1.44. The van der Waals surface area contributed by atoms with Crippen LogP contribution in [0.5, 0.6) is 0 Å². The number of aromatic nitrogens is 3. The smallest absolute Gasteiger partial charge is 0.249 e. The summed E-state index contributed by atoms with van der Waals surface area (Å²) in [6, 6.07) is 5.19. The summed E-state index contributed by atoms with van der Waals surface area (Å²) in [4.78, 5) is 4.31. The molecule has 0 unspecified atom stereocenters. The molecule has 6 nitrogen and oxygen atoms in total. The Morgan fingerprint density at radius 2 is 2.10 bits per heavy atom. The lowest BCUT2D eigenvalue weighted by atomic mass is 10.3. The van der Waals surface area contributed by atoms with Crippen molar-refractivity contribution >= 4 is 40.7 Å². The van der Waals surface area contributed by atoms with E-state index in [4.69, 9.17) is 27.9 Å². The Morgan fingerprint density at radius 1 is 1.24 bits per heavy atom. The highest BCUT2D eigenvalue weighted by molar-refractivity contribution is 6.42. The molecule has 0 aliphatic heterocycles. The van der Waals surface area contributed by atoms with Crippen molar-refractivity contribution in [3.05, 3.63) is 34.4 Å². The molecule has 0 saturated heterocycles. The first-order chi connectivity index (χ1) is 10.2. The number of rotatable bonds is 7. The fourth-order valence-corrected chi connectivity index (χ4v) is 1.88. The number of nitrogens with zero attached hydrogens (tertiary/aromatic N) is 3. The Morgan fingerprint density at radius 3 is 2.86 bits per heavy atom. The van der Waals surface area contributed by atoms with Gasteiger partial charge in [-0.2, -0.15) is 10.1 Å². The van der Waals surface area contributed by atoms with Crippen molar-refractivity contribution in [2.75, 3.05) is 30.9 Å². The summed E-state index contributed by atoms with van der Waals surface area (Å²) >= 11 is 11.8. The van der Waals surface area contributed by atoms with Crippen molar-refractivity contribution in [2.45, 2.75) is 6.42 Å². The molecule has 1 aromatic carbocycles. The topological polar surface area (TPSA) is 72.0 Å². The number of ether oxygens (including phenoxy) is 1. The molecule has 112 valence electrons. The molecule has 21 heavy (non-hydrogen) atoms. The molecule has 0 spiro atoms. The van der Waals surface area contributed by atoms with Gasteiger partial charge in [0.25, 0.3) is 0 Å². The minimum absolute atomic E-state index is 0.380. The van der Waals surface area contributed by atoms with E-state index >= 15 is 0 Å². The molecule has 2 aromatic rings. The summed E-state index contributed by atoms with van der Waals surface area (Å²) in [5.74, 6) is 1.02. The van der Waals surface area contributed by atoms with Crippen LogP contribution in [0.4, 0.5) is 17.5 Å². The highest BCUT2D eigenvalue weighted by Gasteiger charge is 2.03. The van der Waals surface area contributed by atoms with E-state index in [2.05, 4.69) is 25.8 Å². The maximum atomic E-state index is 5.96. The lowest BCUT2D eigenvalue weighted by Gasteiger charge is -2.08. The maximum absolute atomic E-state index is 5.96. The molecule has 0 atom stereocenters. The van der Waals surface area contributed by atoms with E-state index in [0.717, 1.165) is 18.7 Å². The summed E-state index contributed by atoms with van der Waals surface area (Å²) in [6.07, 6.45) is 2.45. The number of methoxy groups -OCH3 is 1. The number of halogens is 2. The molecule has 2 N–H and O–H groups in total. The molecule has 0 aliphatic rings. The lowest BCUT2D eigenvalue weighted by Crippen LogP contribution is -2.08. The second kappa shape index (κ2) is 7.97. The average molecular weight is 328 g/mol. The molecule has 1 heterocycles. The van der Waals surface area contributed by atoms with Gasteiger partial charge in [-0.05, 0) is 24.6 Å². The van der Waals surface area contributed by atoms with Crippen LogP contribution in [-0.2, 0) is 4.74 Å². The number of anilines is 3. The van der Waals surface area contributed by atoms with Crippen molar-refractivity contribution in [1.82, 2.24) is 15.2 Å². The molecule has 0 amide bonds. The van der Waals surface area contributed by atoms with Crippen LogP contribution in [0.1, 0.15) is 6.42 Å². The van der Waals surface area contributed by atoms with E-state index in [9.17, 15) is 0 Å².